The first kappa shape index (κ1) is 23.9. The summed E-state index contributed by atoms with van der Waals surface area (Å²) in [7, 11) is 0. The van der Waals surface area contributed by atoms with Crippen molar-refractivity contribution in [3.63, 3.8) is 0 Å². The van der Waals surface area contributed by atoms with Crippen LogP contribution >= 0.6 is 15.9 Å². The number of rotatable bonds is 8. The highest BCUT2D eigenvalue weighted by Gasteiger charge is 2.15. The maximum absolute atomic E-state index is 5.98. The molecule has 0 fully saturated rings. The molecule has 0 aliphatic rings. The Morgan fingerprint density at radius 2 is 1.42 bits per heavy atom. The van der Waals surface area contributed by atoms with E-state index in [4.69, 9.17) is 9.72 Å². The summed E-state index contributed by atoms with van der Waals surface area (Å²) in [5, 5.41) is 8.47. The van der Waals surface area contributed by atoms with Gasteiger partial charge < -0.3 is 9.72 Å². The van der Waals surface area contributed by atoms with Crippen LogP contribution in [-0.2, 0) is 13.2 Å². The molecule has 186 valence electrons. The number of imidazole rings is 1. The van der Waals surface area contributed by atoms with Crippen molar-refractivity contribution in [3.8, 4) is 39.7 Å². The standard InChI is InChI=1S/C31H24BrN5O/c32-26-15-11-22(12-16-26)19-37-20-27(35-36-37)21-38-28-17-13-25(14-18-28)31-33-29(23-7-3-1-4-8-23)30(34-31)24-9-5-2-6-10-24/h1-18,20H,19,21H2,(H,33,34). The Hall–Kier alpha value is -4.49. The second kappa shape index (κ2) is 10.9. The van der Waals surface area contributed by atoms with Crippen molar-refractivity contribution in [2.45, 2.75) is 13.2 Å². The quantitative estimate of drug-likeness (QED) is 0.210. The van der Waals surface area contributed by atoms with Gasteiger partial charge >= 0.3 is 0 Å². The van der Waals surface area contributed by atoms with Gasteiger partial charge in [0.1, 0.15) is 23.9 Å². The molecule has 1 N–H and O–H groups in total. The van der Waals surface area contributed by atoms with E-state index in [0.29, 0.717) is 13.2 Å². The Labute approximate surface area is 229 Å². The molecule has 0 saturated carbocycles. The molecular formula is C31H24BrN5O. The molecule has 0 aliphatic carbocycles. The van der Waals surface area contributed by atoms with Crippen LogP contribution < -0.4 is 4.74 Å². The number of benzene rings is 4. The Bertz CT molecular complexity index is 1570. The van der Waals surface area contributed by atoms with E-state index in [1.54, 1.807) is 0 Å². The van der Waals surface area contributed by atoms with Gasteiger partial charge in [0.2, 0.25) is 0 Å². The van der Waals surface area contributed by atoms with Crippen molar-refractivity contribution in [1.29, 1.82) is 0 Å². The van der Waals surface area contributed by atoms with E-state index in [9.17, 15) is 0 Å². The van der Waals surface area contributed by atoms with Crippen LogP contribution in [-0.4, -0.2) is 25.0 Å². The minimum atomic E-state index is 0.344. The van der Waals surface area contributed by atoms with Gasteiger partial charge in [0.15, 0.2) is 0 Å². The second-order valence-electron chi connectivity index (χ2n) is 8.89. The van der Waals surface area contributed by atoms with Crippen molar-refractivity contribution in [2.75, 3.05) is 0 Å². The van der Waals surface area contributed by atoms with Gasteiger partial charge in [-0.25, -0.2) is 9.67 Å². The number of H-pyrrole nitrogens is 1. The molecule has 6 aromatic rings. The highest BCUT2D eigenvalue weighted by molar-refractivity contribution is 9.10. The van der Waals surface area contributed by atoms with Gasteiger partial charge in [0.05, 0.1) is 24.1 Å². The average molecular weight is 562 g/mol. The maximum Gasteiger partial charge on any atom is 0.138 e. The molecule has 6 rings (SSSR count). The zero-order valence-corrected chi connectivity index (χ0v) is 22.0. The van der Waals surface area contributed by atoms with Crippen LogP contribution in [0.3, 0.4) is 0 Å². The molecule has 0 aliphatic heterocycles. The lowest BCUT2D eigenvalue weighted by Gasteiger charge is -2.05. The number of hydrogen-bond acceptors (Lipinski definition) is 4. The zero-order valence-electron chi connectivity index (χ0n) is 20.5. The summed E-state index contributed by atoms with van der Waals surface area (Å²) in [6.07, 6.45) is 1.91. The van der Waals surface area contributed by atoms with Crippen molar-refractivity contribution < 1.29 is 4.74 Å². The van der Waals surface area contributed by atoms with E-state index in [2.05, 4.69) is 67.6 Å². The predicted octanol–water partition coefficient (Wildman–Crippen LogP) is 7.39. The van der Waals surface area contributed by atoms with Crippen LogP contribution in [0.5, 0.6) is 5.75 Å². The molecule has 6 nitrogen and oxygen atoms in total. The Morgan fingerprint density at radius 3 is 2.13 bits per heavy atom. The van der Waals surface area contributed by atoms with E-state index in [1.807, 2.05) is 83.7 Å². The summed E-state index contributed by atoms with van der Waals surface area (Å²) in [6, 6.07) is 36.6. The van der Waals surface area contributed by atoms with E-state index in [0.717, 1.165) is 55.4 Å². The van der Waals surface area contributed by atoms with Gasteiger partial charge in [-0.05, 0) is 42.0 Å². The highest BCUT2D eigenvalue weighted by Crippen LogP contribution is 2.33. The molecule has 0 atom stereocenters. The summed E-state index contributed by atoms with van der Waals surface area (Å²) in [4.78, 5) is 8.51. The molecule has 2 heterocycles. The SMILES string of the molecule is Brc1ccc(Cn2cc(COc3ccc(-c4nc(-c5ccccc5)c(-c5ccccc5)[nH]4)cc3)nn2)cc1. The summed E-state index contributed by atoms with van der Waals surface area (Å²) < 4.78 is 8.85. The number of ether oxygens (including phenoxy) is 1. The van der Waals surface area contributed by atoms with Crippen molar-refractivity contribution in [2.24, 2.45) is 0 Å². The molecule has 0 unspecified atom stereocenters. The predicted molar refractivity (Wildman–Crippen MR) is 152 cm³/mol. The largest absolute Gasteiger partial charge is 0.487 e. The lowest BCUT2D eigenvalue weighted by atomic mass is 10.1. The van der Waals surface area contributed by atoms with Crippen LogP contribution in [0.2, 0.25) is 0 Å². The normalized spacial score (nSPS) is 11.0. The first-order chi connectivity index (χ1) is 18.7. The van der Waals surface area contributed by atoms with Crippen molar-refractivity contribution in [1.82, 2.24) is 25.0 Å². The van der Waals surface area contributed by atoms with Gasteiger partial charge in [-0.2, -0.15) is 0 Å². The maximum atomic E-state index is 5.98. The fourth-order valence-electron chi connectivity index (χ4n) is 4.25. The smallest absolute Gasteiger partial charge is 0.138 e. The molecule has 0 saturated heterocycles. The molecule has 0 amide bonds. The van der Waals surface area contributed by atoms with Crippen LogP contribution in [0.1, 0.15) is 11.3 Å². The minimum absolute atomic E-state index is 0.344. The van der Waals surface area contributed by atoms with Gasteiger partial charge in [0.25, 0.3) is 0 Å². The number of aromatic nitrogens is 5. The van der Waals surface area contributed by atoms with Crippen molar-refractivity contribution >= 4 is 15.9 Å². The summed E-state index contributed by atoms with van der Waals surface area (Å²) >= 11 is 3.46. The highest BCUT2D eigenvalue weighted by atomic mass is 79.9. The van der Waals surface area contributed by atoms with Crippen LogP contribution in [0.15, 0.2) is 120 Å². The van der Waals surface area contributed by atoms with Crippen LogP contribution in [0.4, 0.5) is 0 Å². The van der Waals surface area contributed by atoms with Gasteiger partial charge in [-0.3, -0.25) is 0 Å². The Balaban J connectivity index is 1.16. The van der Waals surface area contributed by atoms with E-state index in [-0.39, 0.29) is 0 Å². The molecule has 38 heavy (non-hydrogen) atoms. The van der Waals surface area contributed by atoms with Crippen LogP contribution in [0, 0.1) is 0 Å². The Morgan fingerprint density at radius 1 is 0.737 bits per heavy atom. The third-order valence-corrected chi connectivity index (χ3v) is 6.70. The summed E-state index contributed by atoms with van der Waals surface area (Å²) in [5.74, 6) is 1.57. The van der Waals surface area contributed by atoms with E-state index >= 15 is 0 Å². The average Bonchev–Trinajstić information content (AvgIpc) is 3.62. The zero-order chi connectivity index (χ0) is 25.7. The first-order valence-corrected chi connectivity index (χ1v) is 13.1. The van der Waals surface area contributed by atoms with Gasteiger partial charge in [-0.1, -0.05) is 93.9 Å². The summed E-state index contributed by atoms with van der Waals surface area (Å²) in [6.45, 7) is 1.00. The van der Waals surface area contributed by atoms with Crippen LogP contribution in [0.25, 0.3) is 33.9 Å². The fourth-order valence-corrected chi connectivity index (χ4v) is 4.52. The Kier molecular flexibility index (Phi) is 6.83. The molecule has 4 aromatic carbocycles. The molecular weight excluding hydrogens is 538 g/mol. The second-order valence-corrected chi connectivity index (χ2v) is 9.80. The minimum Gasteiger partial charge on any atom is -0.487 e. The molecule has 7 heteroatoms. The monoisotopic (exact) mass is 561 g/mol. The van der Waals surface area contributed by atoms with E-state index in [1.165, 1.54) is 0 Å². The number of nitrogens with one attached hydrogen (secondary N) is 1. The van der Waals surface area contributed by atoms with E-state index < -0.39 is 0 Å². The molecule has 2 aromatic heterocycles. The van der Waals surface area contributed by atoms with Gasteiger partial charge in [-0.15, -0.1) is 5.10 Å². The number of hydrogen-bond donors (Lipinski definition) is 1. The van der Waals surface area contributed by atoms with Crippen molar-refractivity contribution in [3.05, 3.63) is 131 Å². The molecule has 0 bridgehead atoms. The fraction of sp³-hybridized carbons (Fsp3) is 0.0645. The van der Waals surface area contributed by atoms with Gasteiger partial charge in [0, 0.05) is 21.2 Å². The topological polar surface area (TPSA) is 68.6 Å². The number of nitrogens with zero attached hydrogens (tertiary/aromatic N) is 4. The third-order valence-electron chi connectivity index (χ3n) is 6.17. The third kappa shape index (κ3) is 5.43. The first-order valence-electron chi connectivity index (χ1n) is 12.3. The lowest BCUT2D eigenvalue weighted by molar-refractivity contribution is 0.301. The molecule has 0 spiro atoms. The molecule has 0 radical (unpaired) electrons. The number of aromatic amines is 1. The lowest BCUT2D eigenvalue weighted by Crippen LogP contribution is -2.00. The summed E-state index contributed by atoms with van der Waals surface area (Å²) in [5.41, 5.74) is 7.01. The number of halogens is 1.